The van der Waals surface area contributed by atoms with Crippen molar-refractivity contribution < 1.29 is 14.3 Å². The Morgan fingerprint density at radius 1 is 1.41 bits per heavy atom. The lowest BCUT2D eigenvalue weighted by atomic mass is 10.0. The summed E-state index contributed by atoms with van der Waals surface area (Å²) in [6, 6.07) is 3.80. The number of benzene rings is 1. The molecule has 118 valence electrons. The van der Waals surface area contributed by atoms with Crippen LogP contribution in [0, 0.1) is 0 Å². The first-order valence-corrected chi connectivity index (χ1v) is 7.67. The summed E-state index contributed by atoms with van der Waals surface area (Å²) in [6.07, 6.45) is 3.23. The van der Waals surface area contributed by atoms with Gasteiger partial charge in [-0.25, -0.2) is 4.79 Å². The Labute approximate surface area is 129 Å². The minimum Gasteiger partial charge on any atom is -0.495 e. The molecule has 1 aromatic rings. The van der Waals surface area contributed by atoms with Crippen LogP contribution in [0.1, 0.15) is 31.7 Å². The van der Waals surface area contributed by atoms with Crippen LogP contribution in [0.15, 0.2) is 12.1 Å². The van der Waals surface area contributed by atoms with Gasteiger partial charge in [0.15, 0.2) is 0 Å². The number of urea groups is 1. The molecule has 0 aliphatic carbocycles. The molecule has 6 nitrogen and oxygen atoms in total. The van der Waals surface area contributed by atoms with Crippen molar-refractivity contribution in [2.24, 2.45) is 0 Å². The molecular formula is C16H21N3O3. The average molecular weight is 303 g/mol. The Morgan fingerprint density at radius 2 is 2.23 bits per heavy atom. The van der Waals surface area contributed by atoms with Crippen molar-refractivity contribution in [3.8, 4) is 5.75 Å². The quantitative estimate of drug-likeness (QED) is 0.882. The first kappa shape index (κ1) is 14.7. The summed E-state index contributed by atoms with van der Waals surface area (Å²) in [7, 11) is 1.58. The summed E-state index contributed by atoms with van der Waals surface area (Å²) in [4.78, 5) is 25.8. The molecule has 1 saturated heterocycles. The van der Waals surface area contributed by atoms with Crippen LogP contribution in [0.2, 0.25) is 0 Å². The van der Waals surface area contributed by atoms with Crippen LogP contribution >= 0.6 is 0 Å². The number of likely N-dealkylation sites (tertiary alicyclic amines) is 1. The highest BCUT2D eigenvalue weighted by molar-refractivity contribution is 5.97. The average Bonchev–Trinajstić information content (AvgIpc) is 2.92. The lowest BCUT2D eigenvalue weighted by Gasteiger charge is -2.24. The number of hydrogen-bond acceptors (Lipinski definition) is 3. The molecule has 2 aliphatic heterocycles. The minimum atomic E-state index is -0.120. The molecule has 0 spiro atoms. The van der Waals surface area contributed by atoms with Gasteiger partial charge in [0.1, 0.15) is 5.75 Å². The van der Waals surface area contributed by atoms with Gasteiger partial charge in [0, 0.05) is 24.7 Å². The predicted octanol–water partition coefficient (Wildman–Crippen LogP) is 2.60. The highest BCUT2D eigenvalue weighted by Crippen LogP contribution is 2.34. The lowest BCUT2D eigenvalue weighted by molar-refractivity contribution is -0.116. The number of amides is 3. The standard InChI is InChI=1S/C16H21N3O3/c1-10-4-3-7-19(10)16(21)18-13-9-12-11(8-14(13)22-2)5-6-15(20)17-12/h8-10H,3-7H2,1-2H3,(H,17,20)(H,18,21). The molecule has 1 atom stereocenters. The Bertz CT molecular complexity index is 615. The van der Waals surface area contributed by atoms with Gasteiger partial charge in [0.2, 0.25) is 5.91 Å². The van der Waals surface area contributed by atoms with Gasteiger partial charge in [-0.1, -0.05) is 0 Å². The van der Waals surface area contributed by atoms with Crippen LogP contribution in [0.5, 0.6) is 5.75 Å². The summed E-state index contributed by atoms with van der Waals surface area (Å²) in [5, 5.41) is 5.75. The predicted molar refractivity (Wildman–Crippen MR) is 84.4 cm³/mol. The molecule has 1 fully saturated rings. The van der Waals surface area contributed by atoms with Crippen LogP contribution < -0.4 is 15.4 Å². The zero-order chi connectivity index (χ0) is 15.7. The van der Waals surface area contributed by atoms with E-state index in [9.17, 15) is 9.59 Å². The topological polar surface area (TPSA) is 70.7 Å². The van der Waals surface area contributed by atoms with Crippen LogP contribution in [-0.4, -0.2) is 36.5 Å². The third-order valence-electron chi connectivity index (χ3n) is 4.38. The van der Waals surface area contributed by atoms with Crippen molar-refractivity contribution in [3.63, 3.8) is 0 Å². The Balaban J connectivity index is 1.84. The van der Waals surface area contributed by atoms with Gasteiger partial charge in [-0.05, 0) is 43.9 Å². The second kappa shape index (κ2) is 5.87. The molecule has 0 saturated carbocycles. The van der Waals surface area contributed by atoms with E-state index in [2.05, 4.69) is 17.6 Å². The molecule has 2 aliphatic rings. The second-order valence-corrected chi connectivity index (χ2v) is 5.87. The zero-order valence-electron chi connectivity index (χ0n) is 12.9. The van der Waals surface area contributed by atoms with Gasteiger partial charge < -0.3 is 20.3 Å². The summed E-state index contributed by atoms with van der Waals surface area (Å²) in [5.41, 5.74) is 2.37. The Kier molecular flexibility index (Phi) is 3.92. The largest absolute Gasteiger partial charge is 0.495 e. The maximum atomic E-state index is 12.4. The molecule has 3 amide bonds. The molecule has 0 bridgehead atoms. The number of anilines is 2. The Hall–Kier alpha value is -2.24. The molecule has 6 heteroatoms. The molecule has 0 radical (unpaired) electrons. The highest BCUT2D eigenvalue weighted by Gasteiger charge is 2.26. The molecule has 22 heavy (non-hydrogen) atoms. The maximum absolute atomic E-state index is 12.4. The van der Waals surface area contributed by atoms with E-state index < -0.39 is 0 Å². The van der Waals surface area contributed by atoms with E-state index in [0.29, 0.717) is 24.3 Å². The third-order valence-corrected chi connectivity index (χ3v) is 4.38. The van der Waals surface area contributed by atoms with E-state index in [1.54, 1.807) is 13.2 Å². The fourth-order valence-electron chi connectivity index (χ4n) is 3.09. The monoisotopic (exact) mass is 303 g/mol. The van der Waals surface area contributed by atoms with Crippen molar-refractivity contribution >= 4 is 23.3 Å². The van der Waals surface area contributed by atoms with Crippen molar-refractivity contribution in [1.29, 1.82) is 0 Å². The number of carbonyl (C=O) groups excluding carboxylic acids is 2. The van der Waals surface area contributed by atoms with Gasteiger partial charge in [-0.3, -0.25) is 4.79 Å². The first-order valence-electron chi connectivity index (χ1n) is 7.67. The van der Waals surface area contributed by atoms with Gasteiger partial charge in [0.05, 0.1) is 12.8 Å². The van der Waals surface area contributed by atoms with Gasteiger partial charge in [0.25, 0.3) is 0 Å². The van der Waals surface area contributed by atoms with Crippen LogP contribution in [0.4, 0.5) is 16.2 Å². The van der Waals surface area contributed by atoms with E-state index in [4.69, 9.17) is 4.74 Å². The fourth-order valence-corrected chi connectivity index (χ4v) is 3.09. The fraction of sp³-hybridized carbons (Fsp3) is 0.500. The van der Waals surface area contributed by atoms with E-state index in [-0.39, 0.29) is 18.0 Å². The number of rotatable bonds is 2. The number of hydrogen-bond donors (Lipinski definition) is 2. The molecule has 0 aromatic heterocycles. The van der Waals surface area contributed by atoms with Crippen molar-refractivity contribution in [2.75, 3.05) is 24.3 Å². The zero-order valence-corrected chi connectivity index (χ0v) is 12.9. The van der Waals surface area contributed by atoms with Crippen molar-refractivity contribution in [3.05, 3.63) is 17.7 Å². The highest BCUT2D eigenvalue weighted by atomic mass is 16.5. The van der Waals surface area contributed by atoms with Crippen LogP contribution in [0.25, 0.3) is 0 Å². The number of nitrogens with one attached hydrogen (secondary N) is 2. The van der Waals surface area contributed by atoms with E-state index in [0.717, 1.165) is 30.6 Å². The van der Waals surface area contributed by atoms with Gasteiger partial charge in [-0.15, -0.1) is 0 Å². The number of fused-ring (bicyclic) bond motifs is 1. The molecule has 2 heterocycles. The molecule has 2 N–H and O–H groups in total. The molecule has 1 aromatic carbocycles. The van der Waals surface area contributed by atoms with E-state index in [1.165, 1.54) is 0 Å². The number of carbonyl (C=O) groups is 2. The number of nitrogens with zero attached hydrogens (tertiary/aromatic N) is 1. The number of methoxy groups -OCH3 is 1. The van der Waals surface area contributed by atoms with E-state index in [1.807, 2.05) is 11.0 Å². The second-order valence-electron chi connectivity index (χ2n) is 5.87. The number of aryl methyl sites for hydroxylation is 1. The summed E-state index contributed by atoms with van der Waals surface area (Å²) < 4.78 is 5.38. The minimum absolute atomic E-state index is 0.00288. The maximum Gasteiger partial charge on any atom is 0.322 e. The number of ether oxygens (including phenoxy) is 1. The first-order chi connectivity index (χ1) is 10.6. The van der Waals surface area contributed by atoms with Crippen LogP contribution in [0.3, 0.4) is 0 Å². The Morgan fingerprint density at radius 3 is 2.91 bits per heavy atom. The molecular weight excluding hydrogens is 282 g/mol. The van der Waals surface area contributed by atoms with Gasteiger partial charge in [-0.2, -0.15) is 0 Å². The molecule has 1 unspecified atom stereocenters. The van der Waals surface area contributed by atoms with Crippen molar-refractivity contribution in [1.82, 2.24) is 4.90 Å². The summed E-state index contributed by atoms with van der Waals surface area (Å²) in [6.45, 7) is 2.83. The SMILES string of the molecule is COc1cc2c(cc1NC(=O)N1CCCC1C)NC(=O)CC2. The lowest BCUT2D eigenvalue weighted by Crippen LogP contribution is -2.37. The van der Waals surface area contributed by atoms with Crippen LogP contribution in [-0.2, 0) is 11.2 Å². The van der Waals surface area contributed by atoms with Gasteiger partial charge >= 0.3 is 6.03 Å². The summed E-state index contributed by atoms with van der Waals surface area (Å²) in [5.74, 6) is 0.623. The smallest absolute Gasteiger partial charge is 0.322 e. The third kappa shape index (κ3) is 2.73. The van der Waals surface area contributed by atoms with E-state index >= 15 is 0 Å². The van der Waals surface area contributed by atoms with Crippen molar-refractivity contribution in [2.45, 2.75) is 38.6 Å². The molecule has 3 rings (SSSR count). The normalized spacial score (nSPS) is 20.4. The summed E-state index contributed by atoms with van der Waals surface area (Å²) >= 11 is 0.